The van der Waals surface area contributed by atoms with Gasteiger partial charge in [-0.25, -0.2) is 13.2 Å². The molecule has 0 saturated carbocycles. The van der Waals surface area contributed by atoms with Crippen LogP contribution in [0.2, 0.25) is 5.02 Å². The van der Waals surface area contributed by atoms with Gasteiger partial charge in [0.1, 0.15) is 5.75 Å². The number of aliphatic carboxylic acids is 1. The van der Waals surface area contributed by atoms with E-state index in [2.05, 4.69) is 15.9 Å². The molecule has 3 rings (SSSR count). The Balaban J connectivity index is 2.04. The number of carboxylic acid groups (broad SMARTS) is 1. The van der Waals surface area contributed by atoms with Crippen LogP contribution in [0, 0.1) is 0 Å². The highest BCUT2D eigenvalue weighted by Crippen LogP contribution is 2.42. The molecule has 1 aliphatic rings. The highest BCUT2D eigenvalue weighted by atomic mass is 79.9. The third-order valence-corrected chi connectivity index (χ3v) is 7.66. The first-order valence-corrected chi connectivity index (χ1v) is 11.9. The molecule has 0 spiro atoms. The summed E-state index contributed by atoms with van der Waals surface area (Å²) in [6, 6.07) is 4.83. The average Bonchev–Trinajstić information content (AvgIpc) is 2.69. The number of rotatable bonds is 6. The van der Waals surface area contributed by atoms with E-state index in [1.54, 1.807) is 6.07 Å². The van der Waals surface area contributed by atoms with Gasteiger partial charge in [0.25, 0.3) is 0 Å². The van der Waals surface area contributed by atoms with Crippen LogP contribution < -0.4 is 4.74 Å². The number of fused-ring (bicyclic) bond motifs is 1. The van der Waals surface area contributed by atoms with Crippen molar-refractivity contribution in [2.24, 2.45) is 0 Å². The average molecular weight is 557 g/mol. The molecule has 2 aromatic carbocycles. The fraction of sp³-hybridized carbons (Fsp3) is 0.350. The van der Waals surface area contributed by atoms with Crippen molar-refractivity contribution in [3.05, 3.63) is 56.5 Å². The van der Waals surface area contributed by atoms with E-state index in [0.29, 0.717) is 36.5 Å². The van der Waals surface area contributed by atoms with E-state index in [0.717, 1.165) is 16.4 Å². The molecular formula is C20H18BrClF3NO5S. The minimum absolute atomic E-state index is 0.0178. The Kier molecular flexibility index (Phi) is 7.14. The number of hydrogen-bond acceptors (Lipinski definition) is 4. The first-order valence-electron chi connectivity index (χ1n) is 9.33. The van der Waals surface area contributed by atoms with Gasteiger partial charge in [0.15, 0.2) is 6.61 Å². The molecule has 0 bridgehead atoms. The lowest BCUT2D eigenvalue weighted by molar-refractivity contribution is -0.139. The van der Waals surface area contributed by atoms with Crippen LogP contribution in [0.15, 0.2) is 39.7 Å². The Bertz CT molecular complexity index is 1160. The van der Waals surface area contributed by atoms with Crippen LogP contribution in [0.4, 0.5) is 13.2 Å². The summed E-state index contributed by atoms with van der Waals surface area (Å²) in [4.78, 5) is 10.4. The van der Waals surface area contributed by atoms with Crippen LogP contribution >= 0.6 is 27.5 Å². The van der Waals surface area contributed by atoms with Crippen molar-refractivity contribution in [1.82, 2.24) is 4.31 Å². The molecular weight excluding hydrogens is 539 g/mol. The number of hydrogen-bond donors (Lipinski definition) is 1. The first-order chi connectivity index (χ1) is 14.8. The Morgan fingerprint density at radius 3 is 2.59 bits per heavy atom. The molecule has 1 aliphatic carbocycles. The fourth-order valence-corrected chi connectivity index (χ4v) is 5.98. The van der Waals surface area contributed by atoms with Gasteiger partial charge in [0, 0.05) is 16.5 Å². The normalized spacial score (nSPS) is 16.7. The molecule has 12 heteroatoms. The predicted octanol–water partition coefficient (Wildman–Crippen LogP) is 5.28. The largest absolute Gasteiger partial charge is 0.482 e. The highest BCUT2D eigenvalue weighted by Gasteiger charge is 2.36. The second kappa shape index (κ2) is 9.20. The molecule has 2 aromatic rings. The molecule has 0 fully saturated rings. The standard InChI is InChI=1S/C20H18BrClF3NO5S/c1-26(32(29,30)14-6-11(20(23,24)25)5-12(21)7-14)17-4-2-3-15-16(17)8-13(22)9-18(15)31-10-19(27)28/h5-9,17H,2-4,10H2,1H3,(H,27,28). The molecule has 0 heterocycles. The molecule has 1 N–H and O–H groups in total. The minimum Gasteiger partial charge on any atom is -0.482 e. The van der Waals surface area contributed by atoms with Crippen molar-refractivity contribution in [3.8, 4) is 5.75 Å². The summed E-state index contributed by atoms with van der Waals surface area (Å²) in [5, 5.41) is 9.12. The van der Waals surface area contributed by atoms with Gasteiger partial charge in [0.2, 0.25) is 10.0 Å². The van der Waals surface area contributed by atoms with Crippen molar-refractivity contribution in [2.45, 2.75) is 36.4 Å². The minimum atomic E-state index is -4.71. The van der Waals surface area contributed by atoms with E-state index in [1.165, 1.54) is 13.1 Å². The molecule has 0 aliphatic heterocycles. The van der Waals surface area contributed by atoms with Crippen molar-refractivity contribution in [1.29, 1.82) is 0 Å². The summed E-state index contributed by atoms with van der Waals surface area (Å²) >= 11 is 9.12. The van der Waals surface area contributed by atoms with E-state index in [9.17, 15) is 26.4 Å². The third-order valence-electron chi connectivity index (χ3n) is 5.14. The fourth-order valence-electron chi connectivity index (χ4n) is 3.68. The van der Waals surface area contributed by atoms with Crippen molar-refractivity contribution < 1.29 is 36.2 Å². The van der Waals surface area contributed by atoms with Crippen LogP contribution in [0.1, 0.15) is 35.6 Å². The lowest BCUT2D eigenvalue weighted by Gasteiger charge is -2.33. The van der Waals surface area contributed by atoms with E-state index in [1.807, 2.05) is 0 Å². The Morgan fingerprint density at radius 1 is 1.28 bits per heavy atom. The monoisotopic (exact) mass is 555 g/mol. The van der Waals surface area contributed by atoms with Gasteiger partial charge < -0.3 is 9.84 Å². The van der Waals surface area contributed by atoms with Crippen LogP contribution in [-0.4, -0.2) is 37.5 Å². The van der Waals surface area contributed by atoms with E-state index < -0.39 is 45.3 Å². The number of carboxylic acids is 1. The number of alkyl halides is 3. The number of halogens is 5. The summed E-state index contributed by atoms with van der Waals surface area (Å²) < 4.78 is 72.5. The summed E-state index contributed by atoms with van der Waals surface area (Å²) in [5.41, 5.74) is 0.0655. The van der Waals surface area contributed by atoms with Gasteiger partial charge in [-0.3, -0.25) is 0 Å². The maximum atomic E-state index is 13.3. The Morgan fingerprint density at radius 2 is 1.97 bits per heavy atom. The summed E-state index contributed by atoms with van der Waals surface area (Å²) in [6.07, 6.45) is -3.23. The van der Waals surface area contributed by atoms with Crippen molar-refractivity contribution in [2.75, 3.05) is 13.7 Å². The van der Waals surface area contributed by atoms with Crippen molar-refractivity contribution in [3.63, 3.8) is 0 Å². The van der Waals surface area contributed by atoms with Crippen LogP contribution in [0.5, 0.6) is 5.75 Å². The number of ether oxygens (including phenoxy) is 1. The Labute approximate surface area is 196 Å². The summed E-state index contributed by atoms with van der Waals surface area (Å²) in [5.74, 6) is -0.937. The Hall–Kier alpha value is -1.82. The molecule has 1 atom stereocenters. The SMILES string of the molecule is CN(C1CCCc2c(OCC(=O)O)cc(Cl)cc21)S(=O)(=O)c1cc(Br)cc(C(F)(F)F)c1. The molecule has 1 unspecified atom stereocenters. The molecule has 0 amide bonds. The van der Waals surface area contributed by atoms with Gasteiger partial charge in [-0.15, -0.1) is 0 Å². The number of benzene rings is 2. The highest BCUT2D eigenvalue weighted by molar-refractivity contribution is 9.10. The summed E-state index contributed by atoms with van der Waals surface area (Å²) in [6.45, 7) is -0.593. The maximum Gasteiger partial charge on any atom is 0.416 e. The van der Waals surface area contributed by atoms with E-state index in [4.69, 9.17) is 21.4 Å². The molecule has 6 nitrogen and oxygen atoms in total. The molecule has 0 aromatic heterocycles. The quantitative estimate of drug-likeness (QED) is 0.523. The predicted molar refractivity (Wildman–Crippen MR) is 114 cm³/mol. The number of carbonyl (C=O) groups is 1. The van der Waals surface area contributed by atoms with Crippen LogP contribution in [0.3, 0.4) is 0 Å². The zero-order valence-corrected chi connectivity index (χ0v) is 19.8. The van der Waals surface area contributed by atoms with Gasteiger partial charge in [0.05, 0.1) is 16.5 Å². The zero-order valence-electron chi connectivity index (χ0n) is 16.6. The topological polar surface area (TPSA) is 83.9 Å². The third kappa shape index (κ3) is 5.22. The molecule has 0 saturated heterocycles. The van der Waals surface area contributed by atoms with E-state index in [-0.39, 0.29) is 15.2 Å². The van der Waals surface area contributed by atoms with Crippen LogP contribution in [-0.2, 0) is 27.4 Å². The summed E-state index contributed by atoms with van der Waals surface area (Å²) in [7, 11) is -3.02. The first kappa shape index (κ1) is 24.8. The molecule has 174 valence electrons. The molecule has 0 radical (unpaired) electrons. The zero-order chi connectivity index (χ0) is 23.8. The smallest absolute Gasteiger partial charge is 0.416 e. The second-order valence-corrected chi connectivity index (χ2v) is 10.6. The number of sulfonamides is 1. The lowest BCUT2D eigenvalue weighted by Crippen LogP contribution is -2.33. The maximum absolute atomic E-state index is 13.3. The molecule has 32 heavy (non-hydrogen) atoms. The second-order valence-electron chi connectivity index (χ2n) is 7.26. The number of nitrogens with zero attached hydrogens (tertiary/aromatic N) is 1. The van der Waals surface area contributed by atoms with Gasteiger partial charge in [-0.05, 0) is 60.7 Å². The van der Waals surface area contributed by atoms with Crippen LogP contribution in [0.25, 0.3) is 0 Å². The lowest BCUT2D eigenvalue weighted by atomic mass is 9.87. The van der Waals surface area contributed by atoms with Gasteiger partial charge in [-0.1, -0.05) is 27.5 Å². The van der Waals surface area contributed by atoms with Gasteiger partial charge >= 0.3 is 12.1 Å². The van der Waals surface area contributed by atoms with Crippen molar-refractivity contribution >= 4 is 43.5 Å². The van der Waals surface area contributed by atoms with E-state index >= 15 is 0 Å². The van der Waals surface area contributed by atoms with Gasteiger partial charge in [-0.2, -0.15) is 17.5 Å².